The van der Waals surface area contributed by atoms with Gasteiger partial charge in [0.15, 0.2) is 0 Å². The van der Waals surface area contributed by atoms with E-state index in [1.54, 1.807) is 13.8 Å². The van der Waals surface area contributed by atoms with E-state index in [2.05, 4.69) is 5.10 Å². The molecule has 0 radical (unpaired) electrons. The Labute approximate surface area is 96.4 Å². The van der Waals surface area contributed by atoms with Gasteiger partial charge in [-0.3, -0.25) is 4.68 Å². The van der Waals surface area contributed by atoms with Crippen molar-refractivity contribution in [1.29, 1.82) is 0 Å². The van der Waals surface area contributed by atoms with Crippen LogP contribution in [0.2, 0.25) is 5.02 Å². The average molecular weight is 245 g/mol. The Bertz CT molecular complexity index is 441. The molecule has 88 valence electrons. The molecule has 1 aromatic rings. The SMILES string of the molecule is Cc1nn([C@@H](CC(=O)[O-])C(=O)[O-])c(C)c1Cl. The van der Waals surface area contributed by atoms with Gasteiger partial charge in [-0.25, -0.2) is 0 Å². The van der Waals surface area contributed by atoms with Gasteiger partial charge in [-0.05, 0) is 13.8 Å². The Hall–Kier alpha value is -1.56. The van der Waals surface area contributed by atoms with E-state index < -0.39 is 24.4 Å². The minimum atomic E-state index is -1.54. The molecule has 1 rings (SSSR count). The molecule has 6 nitrogen and oxygen atoms in total. The number of carbonyl (C=O) groups is 2. The highest BCUT2D eigenvalue weighted by Gasteiger charge is 2.19. The number of nitrogens with zero attached hydrogens (tertiary/aromatic N) is 2. The van der Waals surface area contributed by atoms with Crippen molar-refractivity contribution < 1.29 is 19.8 Å². The van der Waals surface area contributed by atoms with Crippen LogP contribution in [0.25, 0.3) is 0 Å². The van der Waals surface area contributed by atoms with E-state index in [1.165, 1.54) is 0 Å². The summed E-state index contributed by atoms with van der Waals surface area (Å²) in [5.41, 5.74) is 0.818. The van der Waals surface area contributed by atoms with Gasteiger partial charge in [0, 0.05) is 12.4 Å². The number of rotatable bonds is 4. The van der Waals surface area contributed by atoms with Crippen molar-refractivity contribution in [2.45, 2.75) is 26.3 Å². The average Bonchev–Trinajstić information content (AvgIpc) is 2.42. The van der Waals surface area contributed by atoms with E-state index in [0.717, 1.165) is 4.68 Å². The van der Waals surface area contributed by atoms with Crippen LogP contribution in [0.3, 0.4) is 0 Å². The maximum Gasteiger partial charge on any atom is 0.0968 e. The number of aryl methyl sites for hydroxylation is 1. The second-order valence-electron chi connectivity index (χ2n) is 3.34. The second kappa shape index (κ2) is 4.52. The quantitative estimate of drug-likeness (QED) is 0.648. The van der Waals surface area contributed by atoms with Gasteiger partial charge < -0.3 is 19.8 Å². The van der Waals surface area contributed by atoms with Gasteiger partial charge in [-0.15, -0.1) is 0 Å². The van der Waals surface area contributed by atoms with Gasteiger partial charge in [-0.1, -0.05) is 11.6 Å². The zero-order valence-electron chi connectivity index (χ0n) is 8.69. The lowest BCUT2D eigenvalue weighted by Crippen LogP contribution is -2.38. The fourth-order valence-electron chi connectivity index (χ4n) is 1.37. The van der Waals surface area contributed by atoms with Crippen LogP contribution in [-0.4, -0.2) is 21.7 Å². The molecule has 0 aliphatic heterocycles. The minimum Gasteiger partial charge on any atom is -0.550 e. The first-order valence-electron chi connectivity index (χ1n) is 4.46. The Morgan fingerprint density at radius 3 is 2.31 bits per heavy atom. The molecule has 0 bridgehead atoms. The van der Waals surface area contributed by atoms with Crippen molar-refractivity contribution in [2.75, 3.05) is 0 Å². The zero-order chi connectivity index (χ0) is 12.5. The van der Waals surface area contributed by atoms with Gasteiger partial charge in [-0.2, -0.15) is 5.10 Å². The van der Waals surface area contributed by atoms with Crippen molar-refractivity contribution >= 4 is 23.5 Å². The first kappa shape index (κ1) is 12.5. The maximum absolute atomic E-state index is 10.8. The Kier molecular flexibility index (Phi) is 3.54. The summed E-state index contributed by atoms with van der Waals surface area (Å²) in [6.45, 7) is 3.14. The third-order valence-electron chi connectivity index (χ3n) is 2.16. The highest BCUT2D eigenvalue weighted by molar-refractivity contribution is 6.31. The lowest BCUT2D eigenvalue weighted by atomic mass is 10.2. The van der Waals surface area contributed by atoms with Crippen LogP contribution in [-0.2, 0) is 9.59 Å². The lowest BCUT2D eigenvalue weighted by Gasteiger charge is -2.20. The molecular formula is C9H9ClN2O4-2. The summed E-state index contributed by atoms with van der Waals surface area (Å²) < 4.78 is 1.03. The monoisotopic (exact) mass is 244 g/mol. The summed E-state index contributed by atoms with van der Waals surface area (Å²) >= 11 is 5.82. The minimum absolute atomic E-state index is 0.310. The fraction of sp³-hybridized carbons (Fsp3) is 0.444. The number of carboxylic acid groups (broad SMARTS) is 2. The molecule has 0 saturated heterocycles. The first-order valence-corrected chi connectivity index (χ1v) is 4.84. The van der Waals surface area contributed by atoms with E-state index in [0.29, 0.717) is 16.4 Å². The van der Waals surface area contributed by atoms with E-state index in [1.807, 2.05) is 0 Å². The molecule has 1 atom stereocenters. The van der Waals surface area contributed by atoms with Crippen molar-refractivity contribution in [3.8, 4) is 0 Å². The van der Waals surface area contributed by atoms with Crippen LogP contribution in [0.4, 0.5) is 0 Å². The number of aromatic nitrogens is 2. The fourth-order valence-corrected chi connectivity index (χ4v) is 1.50. The van der Waals surface area contributed by atoms with Crippen LogP contribution in [0, 0.1) is 13.8 Å². The van der Waals surface area contributed by atoms with Gasteiger partial charge in [0.2, 0.25) is 0 Å². The van der Waals surface area contributed by atoms with Crippen molar-refractivity contribution in [3.63, 3.8) is 0 Å². The summed E-state index contributed by atoms with van der Waals surface area (Å²) in [7, 11) is 0. The predicted octanol–water partition coefficient (Wildman–Crippen LogP) is -1.42. The van der Waals surface area contributed by atoms with Crippen LogP contribution in [0.5, 0.6) is 0 Å². The van der Waals surface area contributed by atoms with Crippen molar-refractivity contribution in [2.24, 2.45) is 0 Å². The topological polar surface area (TPSA) is 98.1 Å². The van der Waals surface area contributed by atoms with Crippen LogP contribution in [0.15, 0.2) is 0 Å². The van der Waals surface area contributed by atoms with Gasteiger partial charge >= 0.3 is 0 Å². The summed E-state index contributed by atoms with van der Waals surface area (Å²) in [4.78, 5) is 21.2. The summed E-state index contributed by atoms with van der Waals surface area (Å²) in [6.07, 6.45) is -0.708. The zero-order valence-corrected chi connectivity index (χ0v) is 9.45. The number of halogens is 1. The standard InChI is InChI=1S/C9H11ClN2O4/c1-4-8(10)5(2)12(11-4)6(9(15)16)3-7(13)14/h6H,3H2,1-2H3,(H,13,14)(H,15,16)/p-2/t6-/m0/s1. The predicted molar refractivity (Wildman–Crippen MR) is 50.4 cm³/mol. The number of carboxylic acids is 2. The van der Waals surface area contributed by atoms with Gasteiger partial charge in [0.1, 0.15) is 0 Å². The molecule has 0 N–H and O–H groups in total. The molecule has 0 spiro atoms. The van der Waals surface area contributed by atoms with E-state index in [4.69, 9.17) is 11.6 Å². The van der Waals surface area contributed by atoms with E-state index in [-0.39, 0.29) is 0 Å². The third kappa shape index (κ3) is 2.33. The highest BCUT2D eigenvalue weighted by atomic mass is 35.5. The number of hydrogen-bond acceptors (Lipinski definition) is 5. The molecule has 0 unspecified atom stereocenters. The van der Waals surface area contributed by atoms with E-state index in [9.17, 15) is 19.8 Å². The molecule has 1 aromatic heterocycles. The molecular weight excluding hydrogens is 236 g/mol. The Balaban J connectivity index is 3.16. The lowest BCUT2D eigenvalue weighted by molar-refractivity contribution is -0.319. The Morgan fingerprint density at radius 2 is 2.00 bits per heavy atom. The summed E-state index contributed by atoms with van der Waals surface area (Å²) in [5.74, 6) is -3.02. The molecule has 0 fully saturated rings. The molecule has 16 heavy (non-hydrogen) atoms. The van der Waals surface area contributed by atoms with Crippen LogP contribution in [0.1, 0.15) is 23.9 Å². The molecule has 0 aliphatic carbocycles. The first-order chi connectivity index (χ1) is 7.34. The number of hydrogen-bond donors (Lipinski definition) is 0. The third-order valence-corrected chi connectivity index (χ3v) is 2.71. The highest BCUT2D eigenvalue weighted by Crippen LogP contribution is 2.23. The van der Waals surface area contributed by atoms with Gasteiger partial charge in [0.05, 0.1) is 28.4 Å². The normalized spacial score (nSPS) is 12.4. The van der Waals surface area contributed by atoms with Crippen LogP contribution >= 0.6 is 11.6 Å². The van der Waals surface area contributed by atoms with Crippen molar-refractivity contribution in [3.05, 3.63) is 16.4 Å². The summed E-state index contributed by atoms with van der Waals surface area (Å²) in [6, 6.07) is -1.41. The molecule has 0 aromatic carbocycles. The van der Waals surface area contributed by atoms with Gasteiger partial charge in [0.25, 0.3) is 0 Å². The largest absolute Gasteiger partial charge is 0.550 e. The molecule has 7 heteroatoms. The number of aliphatic carboxylic acids is 2. The Morgan fingerprint density at radius 1 is 1.44 bits per heavy atom. The van der Waals surface area contributed by atoms with Crippen molar-refractivity contribution in [1.82, 2.24) is 9.78 Å². The molecule has 0 saturated carbocycles. The maximum atomic E-state index is 10.8. The molecule has 0 amide bonds. The van der Waals surface area contributed by atoms with E-state index >= 15 is 0 Å². The molecule has 1 heterocycles. The smallest absolute Gasteiger partial charge is 0.0968 e. The molecule has 0 aliphatic rings. The second-order valence-corrected chi connectivity index (χ2v) is 3.72. The number of carbonyl (C=O) groups excluding carboxylic acids is 2. The summed E-state index contributed by atoms with van der Waals surface area (Å²) in [5, 5.41) is 25.4. The van der Waals surface area contributed by atoms with Crippen LogP contribution < -0.4 is 10.2 Å².